The average Bonchev–Trinajstić information content (AvgIpc) is 1.89. The molecule has 1 N–H and O–H groups in total. The molecule has 0 saturated carbocycles. The maximum Gasteiger partial charge on any atom is 0.276 e. The van der Waals surface area contributed by atoms with E-state index in [-0.39, 0.29) is 18.3 Å². The Kier molecular flexibility index (Phi) is 5.06. The monoisotopic (exact) mass is 186 g/mol. The van der Waals surface area contributed by atoms with Gasteiger partial charge in [-0.05, 0) is 6.42 Å². The summed E-state index contributed by atoms with van der Waals surface area (Å²) in [4.78, 5) is 0. The molecule has 0 heterocycles. The molecule has 0 aliphatic rings. The molecular weight excluding hydrogens is 176 g/mol. The fraction of sp³-hybridized carbons (Fsp3) is 1.00. The standard InChI is InChI=1S/C4H10O4S2/c5-2-1-3-8-10(6,7)4-9/h5,9H,1-4H2. The Morgan fingerprint density at radius 2 is 2.10 bits per heavy atom. The van der Waals surface area contributed by atoms with Crippen molar-refractivity contribution in [1.82, 2.24) is 0 Å². The van der Waals surface area contributed by atoms with Gasteiger partial charge in [-0.3, -0.25) is 4.18 Å². The summed E-state index contributed by atoms with van der Waals surface area (Å²) in [6.45, 7) is -0.0402. The molecular formula is C4H10O4S2. The lowest BCUT2D eigenvalue weighted by Gasteiger charge is -1.99. The van der Waals surface area contributed by atoms with Gasteiger partial charge in [-0.15, -0.1) is 0 Å². The first kappa shape index (κ1) is 10.2. The Balaban J connectivity index is 3.49. The van der Waals surface area contributed by atoms with E-state index < -0.39 is 10.1 Å². The molecule has 4 nitrogen and oxygen atoms in total. The van der Waals surface area contributed by atoms with Gasteiger partial charge < -0.3 is 5.11 Å². The first-order chi connectivity index (χ1) is 4.62. The van der Waals surface area contributed by atoms with Crippen molar-refractivity contribution >= 4 is 22.7 Å². The van der Waals surface area contributed by atoms with Crippen LogP contribution in [0.3, 0.4) is 0 Å². The highest BCUT2D eigenvalue weighted by atomic mass is 32.3. The van der Waals surface area contributed by atoms with Crippen LogP contribution in [0, 0.1) is 0 Å². The van der Waals surface area contributed by atoms with Gasteiger partial charge >= 0.3 is 0 Å². The number of aliphatic hydroxyl groups excluding tert-OH is 1. The van der Waals surface area contributed by atoms with Crippen molar-refractivity contribution in [1.29, 1.82) is 0 Å². The fourth-order valence-corrected chi connectivity index (χ4v) is 0.958. The van der Waals surface area contributed by atoms with E-state index in [0.29, 0.717) is 6.42 Å². The van der Waals surface area contributed by atoms with Crippen molar-refractivity contribution in [2.45, 2.75) is 6.42 Å². The third kappa shape index (κ3) is 5.04. The van der Waals surface area contributed by atoms with E-state index in [1.165, 1.54) is 0 Å². The summed E-state index contributed by atoms with van der Waals surface area (Å²) < 4.78 is 25.3. The molecule has 0 aliphatic heterocycles. The number of hydrogen-bond acceptors (Lipinski definition) is 5. The van der Waals surface area contributed by atoms with Gasteiger partial charge in [0, 0.05) is 6.61 Å². The Morgan fingerprint density at radius 3 is 2.50 bits per heavy atom. The predicted octanol–water partition coefficient (Wildman–Crippen LogP) is -0.397. The van der Waals surface area contributed by atoms with Crippen LogP contribution in [0.15, 0.2) is 0 Å². The summed E-state index contributed by atoms with van der Waals surface area (Å²) in [6.07, 6.45) is 0.326. The van der Waals surface area contributed by atoms with Gasteiger partial charge in [-0.2, -0.15) is 21.0 Å². The van der Waals surface area contributed by atoms with Gasteiger partial charge in [0.25, 0.3) is 10.1 Å². The van der Waals surface area contributed by atoms with Crippen LogP contribution in [0.4, 0.5) is 0 Å². The molecule has 10 heavy (non-hydrogen) atoms. The zero-order valence-corrected chi connectivity index (χ0v) is 7.07. The number of hydrogen-bond donors (Lipinski definition) is 2. The van der Waals surface area contributed by atoms with E-state index in [2.05, 4.69) is 16.8 Å². The lowest BCUT2D eigenvalue weighted by molar-refractivity contribution is 0.237. The molecule has 0 spiro atoms. The van der Waals surface area contributed by atoms with Crippen LogP contribution in [0.1, 0.15) is 6.42 Å². The topological polar surface area (TPSA) is 63.6 Å². The Morgan fingerprint density at radius 1 is 1.50 bits per heavy atom. The molecule has 0 bridgehead atoms. The number of thiol groups is 1. The van der Waals surface area contributed by atoms with Gasteiger partial charge in [0.05, 0.1) is 6.61 Å². The van der Waals surface area contributed by atoms with Crippen molar-refractivity contribution < 1.29 is 17.7 Å². The molecule has 0 amide bonds. The second-order valence-corrected chi connectivity index (χ2v) is 3.97. The number of rotatable bonds is 5. The molecule has 62 valence electrons. The second-order valence-electron chi connectivity index (χ2n) is 1.59. The van der Waals surface area contributed by atoms with Crippen molar-refractivity contribution in [3.05, 3.63) is 0 Å². The smallest absolute Gasteiger partial charge is 0.276 e. The maximum atomic E-state index is 10.5. The molecule has 0 aromatic rings. The molecule has 0 aromatic carbocycles. The van der Waals surface area contributed by atoms with Gasteiger partial charge in [0.1, 0.15) is 5.08 Å². The van der Waals surface area contributed by atoms with Crippen molar-refractivity contribution in [2.75, 3.05) is 18.3 Å². The normalized spacial score (nSPS) is 11.8. The van der Waals surface area contributed by atoms with Crippen LogP contribution in [-0.2, 0) is 14.3 Å². The molecule has 0 radical (unpaired) electrons. The van der Waals surface area contributed by atoms with E-state index in [0.717, 1.165) is 0 Å². The second kappa shape index (κ2) is 4.95. The first-order valence-corrected chi connectivity index (χ1v) is 4.92. The van der Waals surface area contributed by atoms with Crippen LogP contribution in [-0.4, -0.2) is 31.8 Å². The van der Waals surface area contributed by atoms with Crippen molar-refractivity contribution in [3.8, 4) is 0 Å². The average molecular weight is 186 g/mol. The third-order valence-electron chi connectivity index (χ3n) is 0.723. The highest BCUT2D eigenvalue weighted by Gasteiger charge is 2.05. The van der Waals surface area contributed by atoms with Crippen LogP contribution in [0.5, 0.6) is 0 Å². The van der Waals surface area contributed by atoms with Gasteiger partial charge in [0.2, 0.25) is 0 Å². The molecule has 6 heteroatoms. The summed E-state index contributed by atoms with van der Waals surface area (Å²) in [5.41, 5.74) is 0. The third-order valence-corrected chi connectivity index (χ3v) is 2.51. The first-order valence-electron chi connectivity index (χ1n) is 2.71. The van der Waals surface area contributed by atoms with Crippen LogP contribution >= 0.6 is 12.6 Å². The largest absolute Gasteiger partial charge is 0.396 e. The zero-order chi connectivity index (χ0) is 8.04. The van der Waals surface area contributed by atoms with E-state index >= 15 is 0 Å². The van der Waals surface area contributed by atoms with Gasteiger partial charge in [-0.1, -0.05) is 0 Å². The molecule has 0 unspecified atom stereocenters. The summed E-state index contributed by atoms with van der Waals surface area (Å²) in [5, 5.41) is 7.92. The lowest BCUT2D eigenvalue weighted by atomic mass is 10.5. The van der Waals surface area contributed by atoms with Crippen LogP contribution < -0.4 is 0 Å². The molecule has 0 rings (SSSR count). The van der Waals surface area contributed by atoms with Crippen molar-refractivity contribution in [2.24, 2.45) is 0 Å². The molecule has 0 atom stereocenters. The van der Waals surface area contributed by atoms with Gasteiger partial charge in [-0.25, -0.2) is 0 Å². The lowest BCUT2D eigenvalue weighted by Crippen LogP contribution is -2.08. The van der Waals surface area contributed by atoms with E-state index in [1.807, 2.05) is 0 Å². The summed E-state index contributed by atoms with van der Waals surface area (Å²) in [7, 11) is -3.44. The Labute approximate surface area is 65.7 Å². The summed E-state index contributed by atoms with van der Waals surface area (Å²) in [5.74, 6) is 0. The highest BCUT2D eigenvalue weighted by molar-refractivity contribution is 8.01. The fourth-order valence-electron chi connectivity index (χ4n) is 0.288. The number of aliphatic hydroxyl groups is 1. The minimum atomic E-state index is -3.44. The quantitative estimate of drug-likeness (QED) is 0.348. The molecule has 0 saturated heterocycles. The molecule has 0 aromatic heterocycles. The van der Waals surface area contributed by atoms with E-state index in [4.69, 9.17) is 5.11 Å². The maximum absolute atomic E-state index is 10.5. The van der Waals surface area contributed by atoms with Crippen LogP contribution in [0.2, 0.25) is 0 Å². The predicted molar refractivity (Wildman–Crippen MR) is 40.4 cm³/mol. The van der Waals surface area contributed by atoms with E-state index in [1.54, 1.807) is 0 Å². The molecule has 0 fully saturated rings. The summed E-state index contributed by atoms with van der Waals surface area (Å²) >= 11 is 3.53. The van der Waals surface area contributed by atoms with Gasteiger partial charge in [0.15, 0.2) is 0 Å². The SMILES string of the molecule is O=S(=O)(CS)OCCCO. The van der Waals surface area contributed by atoms with Crippen molar-refractivity contribution in [3.63, 3.8) is 0 Å². The summed E-state index contributed by atoms with van der Waals surface area (Å²) in [6, 6.07) is 0. The Hall–Kier alpha value is 0.220. The highest BCUT2D eigenvalue weighted by Crippen LogP contribution is 1.95. The minimum absolute atomic E-state index is 0.0272. The van der Waals surface area contributed by atoms with E-state index in [9.17, 15) is 8.42 Å². The van der Waals surface area contributed by atoms with Crippen LogP contribution in [0.25, 0.3) is 0 Å². The Bertz CT molecular complexity index is 162. The molecule has 0 aliphatic carbocycles. The minimum Gasteiger partial charge on any atom is -0.396 e. The zero-order valence-electron chi connectivity index (χ0n) is 5.36.